The van der Waals surface area contributed by atoms with Crippen LogP contribution < -0.4 is 0 Å². The molecule has 0 N–H and O–H groups in total. The molecule has 0 amide bonds. The Hall–Kier alpha value is 0.390. The maximum Gasteiger partial charge on any atom is 0.0637 e. The van der Waals surface area contributed by atoms with Gasteiger partial charge < -0.3 is 4.52 Å². The third-order valence-corrected chi connectivity index (χ3v) is 6.37. The summed E-state index contributed by atoms with van der Waals surface area (Å²) >= 11 is 0. The van der Waals surface area contributed by atoms with Crippen LogP contribution in [-0.4, -0.2) is 10.8 Å². The molecular formula is C14H25OP. The zero-order valence-electron chi connectivity index (χ0n) is 10.9. The summed E-state index contributed by atoms with van der Waals surface area (Å²) in [6.45, 7) is 6.58. The molecule has 0 aromatic carbocycles. The lowest BCUT2D eigenvalue weighted by Crippen LogP contribution is -2.48. The van der Waals surface area contributed by atoms with E-state index in [0.717, 1.165) is 26.6 Å². The van der Waals surface area contributed by atoms with Crippen LogP contribution in [0.15, 0.2) is 0 Å². The van der Waals surface area contributed by atoms with Crippen LogP contribution in [0.2, 0.25) is 0 Å². The zero-order chi connectivity index (χ0) is 11.4. The van der Waals surface area contributed by atoms with E-state index in [4.69, 9.17) is 4.52 Å². The van der Waals surface area contributed by atoms with Gasteiger partial charge in [-0.15, -0.1) is 0 Å². The van der Waals surface area contributed by atoms with E-state index in [1.165, 1.54) is 38.5 Å². The molecule has 0 heterocycles. The Balaban J connectivity index is 1.69. The minimum absolute atomic E-state index is 0.0573. The molecule has 0 spiro atoms. The van der Waals surface area contributed by atoms with Gasteiger partial charge in [-0.2, -0.15) is 0 Å². The molecule has 16 heavy (non-hydrogen) atoms. The first kappa shape index (κ1) is 11.5. The van der Waals surface area contributed by atoms with Crippen LogP contribution in [0.5, 0.6) is 0 Å². The van der Waals surface area contributed by atoms with Crippen LogP contribution in [0, 0.1) is 17.8 Å². The van der Waals surface area contributed by atoms with Gasteiger partial charge >= 0.3 is 0 Å². The maximum absolute atomic E-state index is 6.14. The van der Waals surface area contributed by atoms with Crippen LogP contribution in [0.4, 0.5) is 0 Å². The fourth-order valence-electron chi connectivity index (χ4n) is 4.50. The quantitative estimate of drug-likeness (QED) is 0.651. The highest BCUT2D eigenvalue weighted by Gasteiger charge is 2.51. The third-order valence-electron chi connectivity index (χ3n) is 4.61. The topological polar surface area (TPSA) is 9.23 Å². The van der Waals surface area contributed by atoms with Crippen LogP contribution in [0.25, 0.3) is 0 Å². The van der Waals surface area contributed by atoms with E-state index in [9.17, 15) is 0 Å². The van der Waals surface area contributed by atoms with Gasteiger partial charge in [0, 0.05) is 14.0 Å². The summed E-state index contributed by atoms with van der Waals surface area (Å²) in [5.41, 5.74) is 0.0573. The van der Waals surface area contributed by atoms with Gasteiger partial charge in [-0.3, -0.25) is 0 Å². The fraction of sp³-hybridized carbons (Fsp3) is 1.00. The van der Waals surface area contributed by atoms with Crippen molar-refractivity contribution in [1.82, 2.24) is 0 Å². The molecule has 0 aliphatic heterocycles. The van der Waals surface area contributed by atoms with E-state index in [1.807, 2.05) is 0 Å². The SMILES string of the molecule is CC(C)(C)OPC12CC3CC(CC(C3)C1)C2. The Morgan fingerprint density at radius 2 is 1.38 bits per heavy atom. The van der Waals surface area contributed by atoms with Gasteiger partial charge in [-0.05, 0) is 77.0 Å². The number of rotatable bonds is 2. The summed E-state index contributed by atoms with van der Waals surface area (Å²) in [6, 6.07) is 0. The van der Waals surface area contributed by atoms with Crippen molar-refractivity contribution in [3.8, 4) is 0 Å². The fourth-order valence-corrected chi connectivity index (χ4v) is 6.14. The van der Waals surface area contributed by atoms with E-state index in [0.29, 0.717) is 5.16 Å². The van der Waals surface area contributed by atoms with Crippen molar-refractivity contribution in [1.29, 1.82) is 0 Å². The van der Waals surface area contributed by atoms with Crippen LogP contribution >= 0.6 is 8.81 Å². The Morgan fingerprint density at radius 1 is 0.938 bits per heavy atom. The monoisotopic (exact) mass is 240 g/mol. The number of hydrogen-bond acceptors (Lipinski definition) is 1. The summed E-state index contributed by atoms with van der Waals surface area (Å²) in [5, 5.41) is 0.613. The zero-order valence-corrected chi connectivity index (χ0v) is 11.9. The molecule has 0 radical (unpaired) electrons. The van der Waals surface area contributed by atoms with Crippen LogP contribution in [0.1, 0.15) is 59.3 Å². The lowest BCUT2D eigenvalue weighted by molar-refractivity contribution is 0.0279. The smallest absolute Gasteiger partial charge is 0.0637 e. The lowest BCUT2D eigenvalue weighted by atomic mass is 9.56. The minimum Gasteiger partial charge on any atom is -0.356 e. The first-order valence-corrected chi connectivity index (χ1v) is 7.80. The van der Waals surface area contributed by atoms with Crippen molar-refractivity contribution < 1.29 is 4.52 Å². The van der Waals surface area contributed by atoms with Gasteiger partial charge in [0.2, 0.25) is 0 Å². The molecule has 1 nitrogen and oxygen atoms in total. The van der Waals surface area contributed by atoms with Crippen molar-refractivity contribution >= 4 is 8.81 Å². The van der Waals surface area contributed by atoms with Crippen molar-refractivity contribution in [3.63, 3.8) is 0 Å². The van der Waals surface area contributed by atoms with Gasteiger partial charge in [0.25, 0.3) is 0 Å². The molecule has 2 heteroatoms. The largest absolute Gasteiger partial charge is 0.356 e. The lowest BCUT2D eigenvalue weighted by Gasteiger charge is -2.56. The Kier molecular flexibility index (Phi) is 2.65. The Morgan fingerprint density at radius 3 is 1.75 bits per heavy atom. The van der Waals surface area contributed by atoms with Crippen molar-refractivity contribution in [3.05, 3.63) is 0 Å². The predicted molar refractivity (Wildman–Crippen MR) is 70.1 cm³/mol. The second kappa shape index (κ2) is 3.69. The van der Waals surface area contributed by atoms with E-state index in [2.05, 4.69) is 20.8 Å². The summed E-state index contributed by atoms with van der Waals surface area (Å²) in [5.74, 6) is 3.17. The van der Waals surface area contributed by atoms with Crippen molar-refractivity contribution in [2.24, 2.45) is 17.8 Å². The molecule has 0 aromatic heterocycles. The van der Waals surface area contributed by atoms with Crippen LogP contribution in [-0.2, 0) is 4.52 Å². The van der Waals surface area contributed by atoms with Gasteiger partial charge in [0.1, 0.15) is 0 Å². The van der Waals surface area contributed by atoms with Gasteiger partial charge in [0.15, 0.2) is 0 Å². The first-order chi connectivity index (χ1) is 7.44. The van der Waals surface area contributed by atoms with Gasteiger partial charge in [-0.25, -0.2) is 0 Å². The molecular weight excluding hydrogens is 215 g/mol. The maximum atomic E-state index is 6.14. The van der Waals surface area contributed by atoms with Crippen LogP contribution in [0.3, 0.4) is 0 Å². The summed E-state index contributed by atoms with van der Waals surface area (Å²) < 4.78 is 6.14. The molecule has 4 fully saturated rings. The highest BCUT2D eigenvalue weighted by molar-refractivity contribution is 7.34. The first-order valence-electron chi connectivity index (χ1n) is 6.89. The average Bonchev–Trinajstić information content (AvgIpc) is 2.11. The summed E-state index contributed by atoms with van der Waals surface area (Å²) in [7, 11) is 0.757. The molecule has 0 saturated heterocycles. The van der Waals surface area contributed by atoms with E-state index in [1.54, 1.807) is 0 Å². The molecule has 4 aliphatic carbocycles. The van der Waals surface area contributed by atoms with E-state index in [-0.39, 0.29) is 5.60 Å². The molecule has 4 aliphatic rings. The Bertz CT molecular complexity index is 244. The molecule has 0 aromatic rings. The van der Waals surface area contributed by atoms with Gasteiger partial charge in [-0.1, -0.05) is 0 Å². The second-order valence-corrected chi connectivity index (χ2v) is 8.98. The summed E-state index contributed by atoms with van der Waals surface area (Å²) in [6.07, 6.45) is 9.06. The Labute approximate surface area is 102 Å². The standard InChI is InChI=1S/C14H25OP/c1-13(2,3)15-16-14-7-10-4-11(8-14)6-12(5-10)9-14/h10-12,16H,4-9H2,1-3H3. The normalized spacial score (nSPS) is 47.1. The number of hydrogen-bond donors (Lipinski definition) is 0. The summed E-state index contributed by atoms with van der Waals surface area (Å²) in [4.78, 5) is 0. The highest BCUT2D eigenvalue weighted by atomic mass is 31.1. The predicted octanol–water partition coefficient (Wildman–Crippen LogP) is 4.36. The van der Waals surface area contributed by atoms with Crippen molar-refractivity contribution in [2.45, 2.75) is 70.1 Å². The van der Waals surface area contributed by atoms with Crippen molar-refractivity contribution in [2.75, 3.05) is 0 Å². The molecule has 4 saturated carbocycles. The molecule has 4 bridgehead atoms. The molecule has 4 rings (SSSR count). The van der Waals surface area contributed by atoms with Gasteiger partial charge in [0.05, 0.1) is 5.60 Å². The van der Waals surface area contributed by atoms with E-state index >= 15 is 0 Å². The minimum atomic E-state index is 0.0573. The average molecular weight is 240 g/mol. The van der Waals surface area contributed by atoms with E-state index < -0.39 is 0 Å². The highest BCUT2D eigenvalue weighted by Crippen LogP contribution is 2.63. The second-order valence-electron chi connectivity index (χ2n) is 7.51. The molecule has 92 valence electrons. The third kappa shape index (κ3) is 2.18. The molecule has 1 unspecified atom stereocenters. The molecule has 1 atom stereocenters.